The third-order valence-electron chi connectivity index (χ3n) is 4.97. The third-order valence-corrected chi connectivity index (χ3v) is 4.97. The second-order valence-electron chi connectivity index (χ2n) is 7.36. The molecule has 1 N–H and O–H groups in total. The summed E-state index contributed by atoms with van der Waals surface area (Å²) in [7, 11) is 0. The first-order chi connectivity index (χ1) is 15.0. The first-order valence-corrected chi connectivity index (χ1v) is 10.5. The third kappa shape index (κ3) is 6.89. The van der Waals surface area contributed by atoms with Gasteiger partial charge in [0, 0.05) is 52.0 Å². The predicted octanol–water partition coefficient (Wildman–Crippen LogP) is 1.99. The number of nitrogens with one attached hydrogen (secondary N) is 1. The number of anilines is 1. The van der Waals surface area contributed by atoms with Crippen molar-refractivity contribution in [2.24, 2.45) is 0 Å². The fourth-order valence-corrected chi connectivity index (χ4v) is 3.42. The highest BCUT2D eigenvalue weighted by atomic mass is 16.5. The molecule has 1 saturated heterocycles. The first-order valence-electron chi connectivity index (χ1n) is 10.5. The molecule has 0 saturated carbocycles. The normalized spacial score (nSPS) is 15.6. The number of rotatable bonds is 8. The van der Waals surface area contributed by atoms with Crippen LogP contribution in [0.25, 0.3) is 6.08 Å². The summed E-state index contributed by atoms with van der Waals surface area (Å²) in [5.74, 6) is 0.151. The molecular formula is C23H29N5O3. The molecule has 1 fully saturated rings. The fraction of sp³-hybridized carbons (Fsp3) is 0.391. The van der Waals surface area contributed by atoms with Crippen molar-refractivity contribution in [1.82, 2.24) is 20.2 Å². The molecule has 1 aromatic heterocycles. The van der Waals surface area contributed by atoms with Gasteiger partial charge in [0.05, 0.1) is 18.2 Å². The number of carbonyl (C=O) groups is 2. The molecule has 2 heterocycles. The number of esters is 1. The highest BCUT2D eigenvalue weighted by molar-refractivity contribution is 5.88. The van der Waals surface area contributed by atoms with Crippen LogP contribution in [0.3, 0.4) is 0 Å². The number of nitrogens with zero attached hydrogens (tertiary/aromatic N) is 4. The van der Waals surface area contributed by atoms with Crippen LogP contribution in [-0.2, 0) is 9.53 Å². The number of amides is 1. The van der Waals surface area contributed by atoms with Crippen molar-refractivity contribution < 1.29 is 14.3 Å². The summed E-state index contributed by atoms with van der Waals surface area (Å²) in [6.07, 6.45) is 7.10. The van der Waals surface area contributed by atoms with E-state index in [1.165, 1.54) is 12.4 Å². The predicted molar refractivity (Wildman–Crippen MR) is 120 cm³/mol. The maximum absolute atomic E-state index is 11.7. The van der Waals surface area contributed by atoms with Crippen LogP contribution in [-0.4, -0.2) is 72.1 Å². The van der Waals surface area contributed by atoms with Crippen molar-refractivity contribution in [2.45, 2.75) is 19.9 Å². The molecule has 1 aromatic carbocycles. The Hall–Kier alpha value is -3.26. The lowest BCUT2D eigenvalue weighted by molar-refractivity contribution is -0.119. The molecule has 164 valence electrons. The molecule has 1 unspecified atom stereocenters. The molecular weight excluding hydrogens is 394 g/mol. The molecule has 8 nitrogen and oxygen atoms in total. The number of hydrogen-bond acceptors (Lipinski definition) is 7. The number of ether oxygens (including phenoxy) is 1. The molecule has 8 heteroatoms. The van der Waals surface area contributed by atoms with E-state index in [1.54, 1.807) is 13.8 Å². The Balaban J connectivity index is 1.54. The second-order valence-corrected chi connectivity index (χ2v) is 7.36. The van der Waals surface area contributed by atoms with E-state index in [0.29, 0.717) is 18.1 Å². The number of carbonyl (C=O) groups excluding carboxylic acids is 2. The average molecular weight is 424 g/mol. The van der Waals surface area contributed by atoms with E-state index in [9.17, 15) is 9.59 Å². The van der Waals surface area contributed by atoms with Crippen molar-refractivity contribution in [1.29, 1.82) is 0 Å². The Morgan fingerprint density at radius 3 is 2.42 bits per heavy atom. The van der Waals surface area contributed by atoms with E-state index < -0.39 is 5.97 Å². The van der Waals surface area contributed by atoms with Crippen molar-refractivity contribution in [3.8, 4) is 0 Å². The summed E-state index contributed by atoms with van der Waals surface area (Å²) < 4.78 is 4.97. The van der Waals surface area contributed by atoms with E-state index in [1.807, 2.05) is 42.5 Å². The topological polar surface area (TPSA) is 87.7 Å². The molecule has 3 rings (SSSR count). The highest BCUT2D eigenvalue weighted by Crippen LogP contribution is 2.12. The van der Waals surface area contributed by atoms with Gasteiger partial charge in [0.1, 0.15) is 0 Å². The minimum atomic E-state index is -0.411. The smallest absolute Gasteiger partial charge is 0.341 e. The van der Waals surface area contributed by atoms with Gasteiger partial charge in [-0.15, -0.1) is 0 Å². The van der Waals surface area contributed by atoms with E-state index in [-0.39, 0.29) is 11.9 Å². The molecule has 0 radical (unpaired) electrons. The molecule has 1 aliphatic heterocycles. The lowest BCUT2D eigenvalue weighted by Gasteiger charge is -2.36. The summed E-state index contributed by atoms with van der Waals surface area (Å²) in [6, 6.07) is 9.97. The summed E-state index contributed by atoms with van der Waals surface area (Å²) in [6.45, 7) is 7.57. The van der Waals surface area contributed by atoms with Gasteiger partial charge in [0.15, 0.2) is 0 Å². The molecule has 1 aliphatic rings. The zero-order chi connectivity index (χ0) is 22.1. The molecule has 31 heavy (non-hydrogen) atoms. The Kier molecular flexibility index (Phi) is 8.12. The van der Waals surface area contributed by atoms with Gasteiger partial charge in [-0.25, -0.2) is 14.8 Å². The summed E-state index contributed by atoms with van der Waals surface area (Å²) >= 11 is 0. The summed E-state index contributed by atoms with van der Waals surface area (Å²) in [5, 5.41) is 3.02. The van der Waals surface area contributed by atoms with Gasteiger partial charge in [0.25, 0.3) is 0 Å². The molecule has 1 amide bonds. The van der Waals surface area contributed by atoms with Crippen LogP contribution in [0.1, 0.15) is 29.8 Å². The number of benzene rings is 1. The van der Waals surface area contributed by atoms with E-state index in [4.69, 9.17) is 4.74 Å². The van der Waals surface area contributed by atoms with Crippen LogP contribution >= 0.6 is 0 Å². The Labute approximate surface area is 182 Å². The van der Waals surface area contributed by atoms with Crippen LogP contribution in [0, 0.1) is 0 Å². The van der Waals surface area contributed by atoms with Gasteiger partial charge in [-0.2, -0.15) is 0 Å². The number of hydrogen-bond donors (Lipinski definition) is 1. The monoisotopic (exact) mass is 423 g/mol. The number of piperazine rings is 1. The van der Waals surface area contributed by atoms with E-state index >= 15 is 0 Å². The summed E-state index contributed by atoms with van der Waals surface area (Å²) in [5.41, 5.74) is 1.46. The molecule has 0 aliphatic carbocycles. The molecule has 1 atom stereocenters. The minimum Gasteiger partial charge on any atom is -0.462 e. The quantitative estimate of drug-likeness (QED) is 0.650. The maximum Gasteiger partial charge on any atom is 0.341 e. The lowest BCUT2D eigenvalue weighted by Crippen LogP contribution is -2.51. The zero-order valence-electron chi connectivity index (χ0n) is 18.0. The Morgan fingerprint density at radius 1 is 1.13 bits per heavy atom. The van der Waals surface area contributed by atoms with Crippen molar-refractivity contribution in [2.75, 3.05) is 44.2 Å². The van der Waals surface area contributed by atoms with Crippen LogP contribution < -0.4 is 10.2 Å². The molecule has 0 bridgehead atoms. The van der Waals surface area contributed by atoms with Crippen molar-refractivity contribution in [3.05, 3.63) is 59.9 Å². The Morgan fingerprint density at radius 2 is 1.81 bits per heavy atom. The largest absolute Gasteiger partial charge is 0.462 e. The fourth-order valence-electron chi connectivity index (χ4n) is 3.42. The lowest BCUT2D eigenvalue weighted by atomic mass is 10.1. The van der Waals surface area contributed by atoms with Gasteiger partial charge in [-0.1, -0.05) is 42.5 Å². The van der Waals surface area contributed by atoms with E-state index in [0.717, 1.165) is 38.3 Å². The van der Waals surface area contributed by atoms with Gasteiger partial charge in [-0.05, 0) is 12.5 Å². The minimum absolute atomic E-state index is 0.0450. The molecule has 0 spiro atoms. The SMILES string of the molecule is CCOC(=O)c1cnc(N2CCN(CC(/C=C/c3ccccc3)NC(C)=O)CC2)nc1. The first kappa shape index (κ1) is 22.4. The summed E-state index contributed by atoms with van der Waals surface area (Å²) in [4.78, 5) is 36.4. The van der Waals surface area contributed by atoms with Crippen LogP contribution in [0.2, 0.25) is 0 Å². The second kappa shape index (κ2) is 11.2. The van der Waals surface area contributed by atoms with Gasteiger partial charge >= 0.3 is 5.97 Å². The highest BCUT2D eigenvalue weighted by Gasteiger charge is 2.21. The molecule has 2 aromatic rings. The maximum atomic E-state index is 11.7. The van der Waals surface area contributed by atoms with Gasteiger partial charge in [-0.3, -0.25) is 9.69 Å². The van der Waals surface area contributed by atoms with Crippen LogP contribution in [0.5, 0.6) is 0 Å². The van der Waals surface area contributed by atoms with Crippen LogP contribution in [0.15, 0.2) is 48.8 Å². The van der Waals surface area contributed by atoms with Gasteiger partial charge in [0.2, 0.25) is 11.9 Å². The zero-order valence-corrected chi connectivity index (χ0v) is 18.0. The number of aromatic nitrogens is 2. The van der Waals surface area contributed by atoms with Gasteiger partial charge < -0.3 is 15.0 Å². The van der Waals surface area contributed by atoms with E-state index in [2.05, 4.69) is 25.1 Å². The van der Waals surface area contributed by atoms with Crippen molar-refractivity contribution in [3.63, 3.8) is 0 Å². The average Bonchev–Trinajstić information content (AvgIpc) is 2.79. The standard InChI is InChI=1S/C23H29N5O3/c1-3-31-22(30)20-15-24-23(25-16-20)28-13-11-27(12-14-28)17-21(26-18(2)29)10-9-19-7-5-4-6-8-19/h4-10,15-16,21H,3,11-14,17H2,1-2H3,(H,26,29)/b10-9+. The Bertz CT molecular complexity index is 878. The van der Waals surface area contributed by atoms with Crippen molar-refractivity contribution >= 4 is 23.9 Å². The van der Waals surface area contributed by atoms with Crippen LogP contribution in [0.4, 0.5) is 5.95 Å².